The first-order valence-electron chi connectivity index (χ1n) is 7.72. The quantitative estimate of drug-likeness (QED) is 0.653. The smallest absolute Gasteiger partial charge is 0.240 e. The molecule has 3 rings (SSSR count). The molecule has 2 aromatic carbocycles. The summed E-state index contributed by atoms with van der Waals surface area (Å²) in [6.07, 6.45) is 1.88. The minimum Gasteiger partial charge on any atom is -0.273 e. The molecule has 0 fully saturated rings. The number of rotatable bonds is 6. The highest BCUT2D eigenvalue weighted by Gasteiger charge is 2.19. The first-order chi connectivity index (χ1) is 12.4. The molecule has 1 N–H and O–H groups in total. The van der Waals surface area contributed by atoms with Crippen molar-refractivity contribution in [1.29, 1.82) is 0 Å². The van der Waals surface area contributed by atoms with Crippen LogP contribution in [0.4, 0.5) is 4.39 Å². The maximum absolute atomic E-state index is 13.0. The Balaban J connectivity index is 1.91. The van der Waals surface area contributed by atoms with Crippen molar-refractivity contribution < 1.29 is 12.8 Å². The number of aromatic nitrogens is 3. The van der Waals surface area contributed by atoms with Crippen LogP contribution < -0.4 is 4.72 Å². The molecule has 0 aliphatic carbocycles. The number of sulfonamides is 1. The molecule has 0 aliphatic rings. The second-order valence-electron chi connectivity index (χ2n) is 5.50. The molecule has 0 amide bonds. The van der Waals surface area contributed by atoms with Gasteiger partial charge < -0.3 is 0 Å². The monoisotopic (exact) mass is 392 g/mol. The van der Waals surface area contributed by atoms with Crippen LogP contribution in [-0.4, -0.2) is 29.4 Å². The van der Waals surface area contributed by atoms with Gasteiger partial charge in [-0.3, -0.25) is 4.57 Å². The second kappa shape index (κ2) is 7.56. The molecule has 0 bridgehead atoms. The molecule has 0 aliphatic heterocycles. The Morgan fingerprint density at radius 2 is 1.81 bits per heavy atom. The van der Waals surface area contributed by atoms with Gasteiger partial charge in [-0.15, -0.1) is 10.2 Å². The van der Waals surface area contributed by atoms with Gasteiger partial charge in [-0.25, -0.2) is 17.5 Å². The fourth-order valence-corrected chi connectivity index (χ4v) is 3.95. The number of halogens is 1. The van der Waals surface area contributed by atoms with Crippen LogP contribution in [-0.2, 0) is 16.6 Å². The van der Waals surface area contributed by atoms with Crippen molar-refractivity contribution in [3.8, 4) is 5.69 Å². The van der Waals surface area contributed by atoms with Gasteiger partial charge in [0.05, 0.1) is 17.1 Å². The van der Waals surface area contributed by atoms with Crippen LogP contribution in [0.25, 0.3) is 5.69 Å². The van der Waals surface area contributed by atoms with Crippen LogP contribution in [0.5, 0.6) is 0 Å². The number of nitrogens with one attached hydrogen (secondary N) is 1. The van der Waals surface area contributed by atoms with Crippen LogP contribution in [0.1, 0.15) is 11.4 Å². The Hall–Kier alpha value is -2.23. The van der Waals surface area contributed by atoms with E-state index in [1.807, 2.05) is 42.0 Å². The van der Waals surface area contributed by atoms with E-state index in [1.54, 1.807) is 0 Å². The highest BCUT2D eigenvalue weighted by atomic mass is 32.2. The lowest BCUT2D eigenvalue weighted by atomic mass is 10.2. The van der Waals surface area contributed by atoms with Crippen LogP contribution in [0.2, 0.25) is 0 Å². The first kappa shape index (κ1) is 18.6. The normalized spacial score (nSPS) is 11.7. The maximum atomic E-state index is 13.0. The van der Waals surface area contributed by atoms with Crippen molar-refractivity contribution in [1.82, 2.24) is 19.5 Å². The molecule has 0 spiro atoms. The summed E-state index contributed by atoms with van der Waals surface area (Å²) in [5, 5.41) is 8.91. The minimum atomic E-state index is -3.79. The van der Waals surface area contributed by atoms with Crippen molar-refractivity contribution in [2.24, 2.45) is 0 Å². The van der Waals surface area contributed by atoms with Gasteiger partial charge in [0.15, 0.2) is 11.0 Å². The third kappa shape index (κ3) is 3.79. The second-order valence-corrected chi connectivity index (χ2v) is 8.04. The number of aryl methyl sites for hydroxylation is 1. The van der Waals surface area contributed by atoms with Crippen molar-refractivity contribution in [2.75, 3.05) is 6.26 Å². The molecule has 0 unspecified atom stereocenters. The first-order valence-corrected chi connectivity index (χ1v) is 10.4. The molecular weight excluding hydrogens is 375 g/mol. The fourth-order valence-electron chi connectivity index (χ4n) is 2.46. The topological polar surface area (TPSA) is 76.9 Å². The summed E-state index contributed by atoms with van der Waals surface area (Å²) < 4.78 is 42.2. The lowest BCUT2D eigenvalue weighted by Gasteiger charge is -2.12. The molecule has 6 nitrogen and oxygen atoms in total. The number of hydrogen-bond donors (Lipinski definition) is 1. The third-order valence-electron chi connectivity index (χ3n) is 3.78. The zero-order valence-corrected chi connectivity index (χ0v) is 15.8. The summed E-state index contributed by atoms with van der Waals surface area (Å²) in [5.74, 6) is -0.0257. The summed E-state index contributed by atoms with van der Waals surface area (Å²) in [7, 11) is -3.79. The molecule has 1 aromatic heterocycles. The predicted octanol–water partition coefficient (Wildman–Crippen LogP) is 2.92. The third-order valence-corrected chi connectivity index (χ3v) is 5.83. The number of hydrogen-bond acceptors (Lipinski definition) is 5. The Bertz CT molecular complexity index is 1020. The van der Waals surface area contributed by atoms with Crippen LogP contribution in [0.3, 0.4) is 0 Å². The molecule has 26 heavy (non-hydrogen) atoms. The molecule has 136 valence electrons. The van der Waals surface area contributed by atoms with E-state index in [0.717, 1.165) is 23.4 Å². The van der Waals surface area contributed by atoms with Gasteiger partial charge in [-0.2, -0.15) is 0 Å². The summed E-state index contributed by atoms with van der Waals surface area (Å²) in [6, 6.07) is 12.4. The summed E-state index contributed by atoms with van der Waals surface area (Å²) >= 11 is 1.42. The lowest BCUT2D eigenvalue weighted by molar-refractivity contribution is 0.577. The van der Waals surface area contributed by atoms with Gasteiger partial charge in [0.2, 0.25) is 10.0 Å². The van der Waals surface area contributed by atoms with E-state index in [4.69, 9.17) is 0 Å². The molecule has 0 atom stereocenters. The van der Waals surface area contributed by atoms with E-state index < -0.39 is 15.8 Å². The lowest BCUT2D eigenvalue weighted by Crippen LogP contribution is -2.25. The highest BCUT2D eigenvalue weighted by molar-refractivity contribution is 7.98. The van der Waals surface area contributed by atoms with E-state index in [2.05, 4.69) is 14.9 Å². The minimum absolute atomic E-state index is 0.00838. The molecule has 1 heterocycles. The van der Waals surface area contributed by atoms with Crippen LogP contribution >= 0.6 is 11.8 Å². The highest BCUT2D eigenvalue weighted by Crippen LogP contribution is 2.23. The zero-order chi connectivity index (χ0) is 18.7. The van der Waals surface area contributed by atoms with E-state index in [1.165, 1.54) is 23.9 Å². The van der Waals surface area contributed by atoms with Crippen molar-refractivity contribution >= 4 is 21.8 Å². The molecular formula is C17H17FN4O2S2. The zero-order valence-electron chi connectivity index (χ0n) is 14.2. The predicted molar refractivity (Wildman–Crippen MR) is 98.3 cm³/mol. The standard InChI is InChI=1S/C17H17FN4O2S2/c1-12-5-3-4-6-15(12)22-16(20-21-17(22)25-2)11-19-26(23,24)14-9-7-13(18)8-10-14/h3-10,19H,11H2,1-2H3. The number of thioether (sulfide) groups is 1. The molecule has 0 saturated heterocycles. The molecule has 0 radical (unpaired) electrons. The van der Waals surface area contributed by atoms with Gasteiger partial charge in [-0.1, -0.05) is 30.0 Å². The largest absolute Gasteiger partial charge is 0.273 e. The summed E-state index contributed by atoms with van der Waals surface area (Å²) in [4.78, 5) is -0.00838. The Labute approximate surface area is 155 Å². The molecule has 0 saturated carbocycles. The molecule has 3 aromatic rings. The van der Waals surface area contributed by atoms with E-state index in [-0.39, 0.29) is 11.4 Å². The van der Waals surface area contributed by atoms with Gasteiger partial charge in [0.1, 0.15) is 5.82 Å². The van der Waals surface area contributed by atoms with E-state index in [0.29, 0.717) is 11.0 Å². The van der Waals surface area contributed by atoms with Crippen molar-refractivity contribution in [3.63, 3.8) is 0 Å². The van der Waals surface area contributed by atoms with E-state index in [9.17, 15) is 12.8 Å². The average Bonchev–Trinajstić information content (AvgIpc) is 3.04. The van der Waals surface area contributed by atoms with Gasteiger partial charge in [0.25, 0.3) is 0 Å². The Morgan fingerprint density at radius 3 is 2.46 bits per heavy atom. The number of para-hydroxylation sites is 1. The molecule has 9 heteroatoms. The van der Waals surface area contributed by atoms with Gasteiger partial charge in [-0.05, 0) is 49.1 Å². The SMILES string of the molecule is CSc1nnc(CNS(=O)(=O)c2ccc(F)cc2)n1-c1ccccc1C. The Kier molecular flexibility index (Phi) is 5.40. The average molecular weight is 392 g/mol. The van der Waals surface area contributed by atoms with Crippen LogP contribution in [0.15, 0.2) is 58.6 Å². The van der Waals surface area contributed by atoms with E-state index >= 15 is 0 Å². The number of benzene rings is 2. The van der Waals surface area contributed by atoms with Crippen molar-refractivity contribution in [3.05, 3.63) is 65.7 Å². The van der Waals surface area contributed by atoms with Gasteiger partial charge in [0, 0.05) is 0 Å². The Morgan fingerprint density at radius 1 is 1.12 bits per heavy atom. The van der Waals surface area contributed by atoms with Crippen molar-refractivity contribution in [2.45, 2.75) is 23.5 Å². The maximum Gasteiger partial charge on any atom is 0.240 e. The van der Waals surface area contributed by atoms with Gasteiger partial charge >= 0.3 is 0 Å². The number of nitrogens with zero attached hydrogens (tertiary/aromatic N) is 3. The fraction of sp³-hybridized carbons (Fsp3) is 0.176. The van der Waals surface area contributed by atoms with Crippen LogP contribution in [0, 0.1) is 12.7 Å². The summed E-state index contributed by atoms with van der Waals surface area (Å²) in [5.41, 5.74) is 1.91. The summed E-state index contributed by atoms with van der Waals surface area (Å²) in [6.45, 7) is 1.92.